The summed E-state index contributed by atoms with van der Waals surface area (Å²) in [6.07, 6.45) is 5.05. The molecule has 0 unspecified atom stereocenters. The number of unbranched alkanes of at least 4 members (excludes halogenated alkanes) is 1. The highest BCUT2D eigenvalue weighted by atomic mass is 32.1. The molecule has 1 fully saturated rings. The van der Waals surface area contributed by atoms with Gasteiger partial charge in [0.05, 0.1) is 13.2 Å². The second-order valence-corrected chi connectivity index (χ2v) is 7.78. The van der Waals surface area contributed by atoms with Crippen LogP contribution in [0.3, 0.4) is 0 Å². The predicted molar refractivity (Wildman–Crippen MR) is 86.6 cm³/mol. The van der Waals surface area contributed by atoms with Crippen LogP contribution in [0.4, 0.5) is 0 Å². The first-order valence-corrected chi connectivity index (χ1v) is 9.06. The molecule has 0 aromatic carbocycles. The average molecular weight is 309 g/mol. The van der Waals surface area contributed by atoms with E-state index in [1.165, 1.54) is 38.8 Å². The van der Waals surface area contributed by atoms with E-state index in [1.54, 1.807) is 10.4 Å². The maximum atomic E-state index is 5.72. The van der Waals surface area contributed by atoms with Gasteiger partial charge in [-0.25, -0.2) is 0 Å². The highest BCUT2D eigenvalue weighted by Crippen LogP contribution is 2.25. The number of rotatable bonds is 5. The fourth-order valence-electron chi connectivity index (χ4n) is 3.16. The van der Waals surface area contributed by atoms with Crippen LogP contribution in [-0.4, -0.2) is 37.0 Å². The molecule has 0 atom stereocenters. The summed E-state index contributed by atoms with van der Waals surface area (Å²) >= 11 is 1.92. The molecule has 0 aliphatic carbocycles. The third-order valence-electron chi connectivity index (χ3n) is 4.56. The van der Waals surface area contributed by atoms with Crippen LogP contribution in [0.1, 0.15) is 43.6 Å². The zero-order valence-corrected chi connectivity index (χ0v) is 14.1. The van der Waals surface area contributed by atoms with Crippen molar-refractivity contribution in [1.82, 2.24) is 4.90 Å². The lowest BCUT2D eigenvalue weighted by Crippen LogP contribution is -2.39. The van der Waals surface area contributed by atoms with E-state index in [0.29, 0.717) is 5.92 Å². The van der Waals surface area contributed by atoms with E-state index in [1.807, 2.05) is 25.2 Å². The van der Waals surface area contributed by atoms with Crippen molar-refractivity contribution in [2.75, 3.05) is 26.3 Å². The van der Waals surface area contributed by atoms with Gasteiger partial charge in [-0.3, -0.25) is 4.90 Å². The fourth-order valence-corrected chi connectivity index (χ4v) is 4.05. The normalized spacial score (nSPS) is 23.1. The Labute approximate surface area is 132 Å². The van der Waals surface area contributed by atoms with Crippen molar-refractivity contribution in [3.8, 4) is 0 Å². The van der Waals surface area contributed by atoms with E-state index < -0.39 is 0 Å². The lowest BCUT2D eigenvalue weighted by Gasteiger charge is -2.35. The summed E-state index contributed by atoms with van der Waals surface area (Å²) in [4.78, 5) is 4.21. The van der Waals surface area contributed by atoms with Gasteiger partial charge >= 0.3 is 0 Å². The van der Waals surface area contributed by atoms with Crippen LogP contribution in [0, 0.1) is 5.92 Å². The Balaban J connectivity index is 1.31. The Hall–Kier alpha value is -0.420. The Bertz CT molecular complexity index is 447. The molecule has 2 aliphatic rings. The van der Waals surface area contributed by atoms with E-state index in [4.69, 9.17) is 9.47 Å². The SMILES string of the molecule is CC1(C)OCC(CCCCN2CCc3sccc3C2)CO1. The highest BCUT2D eigenvalue weighted by Gasteiger charge is 2.27. The van der Waals surface area contributed by atoms with Gasteiger partial charge in [-0.1, -0.05) is 6.42 Å². The standard InChI is InChI=1S/C17H27NO2S/c1-17(2)19-12-14(13-20-17)5-3-4-8-18-9-6-16-15(11-18)7-10-21-16/h7,10,14H,3-6,8-9,11-13H2,1-2H3. The van der Waals surface area contributed by atoms with Gasteiger partial charge in [0.1, 0.15) is 0 Å². The van der Waals surface area contributed by atoms with Gasteiger partial charge in [0, 0.05) is 23.9 Å². The molecule has 0 amide bonds. The van der Waals surface area contributed by atoms with Crippen LogP contribution < -0.4 is 0 Å². The van der Waals surface area contributed by atoms with Gasteiger partial charge < -0.3 is 9.47 Å². The first-order chi connectivity index (χ1) is 10.1. The number of fused-ring (bicyclic) bond motifs is 1. The van der Waals surface area contributed by atoms with Crippen LogP contribution in [0.15, 0.2) is 11.4 Å². The summed E-state index contributed by atoms with van der Waals surface area (Å²) in [6.45, 7) is 9.33. The minimum Gasteiger partial charge on any atom is -0.350 e. The monoisotopic (exact) mass is 309 g/mol. The number of nitrogens with zero attached hydrogens (tertiary/aromatic N) is 1. The van der Waals surface area contributed by atoms with Gasteiger partial charge in [-0.15, -0.1) is 11.3 Å². The molecule has 0 radical (unpaired) electrons. The predicted octanol–water partition coefficient (Wildman–Crippen LogP) is 3.68. The van der Waals surface area contributed by atoms with E-state index in [9.17, 15) is 0 Å². The van der Waals surface area contributed by atoms with Crippen molar-refractivity contribution < 1.29 is 9.47 Å². The van der Waals surface area contributed by atoms with Crippen molar-refractivity contribution in [3.63, 3.8) is 0 Å². The van der Waals surface area contributed by atoms with E-state index in [0.717, 1.165) is 19.8 Å². The molecule has 0 spiro atoms. The van der Waals surface area contributed by atoms with Crippen LogP contribution in [0.2, 0.25) is 0 Å². The minimum absolute atomic E-state index is 0.372. The average Bonchev–Trinajstić information content (AvgIpc) is 2.92. The van der Waals surface area contributed by atoms with Crippen LogP contribution in [0.5, 0.6) is 0 Å². The Morgan fingerprint density at radius 2 is 2.10 bits per heavy atom. The summed E-state index contributed by atoms with van der Waals surface area (Å²) in [7, 11) is 0. The molecular formula is C17H27NO2S. The number of thiophene rings is 1. The maximum Gasteiger partial charge on any atom is 0.162 e. The smallest absolute Gasteiger partial charge is 0.162 e. The zero-order valence-electron chi connectivity index (χ0n) is 13.3. The third kappa shape index (κ3) is 4.28. The van der Waals surface area contributed by atoms with Gasteiger partial charge in [0.15, 0.2) is 5.79 Å². The van der Waals surface area contributed by atoms with E-state index in [-0.39, 0.29) is 5.79 Å². The Morgan fingerprint density at radius 3 is 2.90 bits per heavy atom. The topological polar surface area (TPSA) is 21.7 Å². The van der Waals surface area contributed by atoms with Crippen LogP contribution >= 0.6 is 11.3 Å². The van der Waals surface area contributed by atoms with Crippen molar-refractivity contribution in [2.24, 2.45) is 5.92 Å². The molecule has 0 bridgehead atoms. The number of ether oxygens (including phenoxy) is 2. The van der Waals surface area contributed by atoms with Gasteiger partial charge in [0.2, 0.25) is 0 Å². The summed E-state index contributed by atoms with van der Waals surface area (Å²) in [6, 6.07) is 2.30. The maximum absolute atomic E-state index is 5.72. The molecular weight excluding hydrogens is 282 g/mol. The zero-order chi connectivity index (χ0) is 14.7. The molecule has 118 valence electrons. The Kier molecular flexibility index (Phi) is 4.99. The first kappa shape index (κ1) is 15.5. The lowest BCUT2D eigenvalue weighted by molar-refractivity contribution is -0.262. The third-order valence-corrected chi connectivity index (χ3v) is 5.58. The van der Waals surface area contributed by atoms with Crippen molar-refractivity contribution in [3.05, 3.63) is 21.9 Å². The molecule has 0 saturated carbocycles. The lowest BCUT2D eigenvalue weighted by atomic mass is 10.0. The largest absolute Gasteiger partial charge is 0.350 e. The second kappa shape index (κ2) is 6.78. The van der Waals surface area contributed by atoms with Gasteiger partial charge in [-0.05, 0) is 56.7 Å². The Morgan fingerprint density at radius 1 is 1.29 bits per heavy atom. The summed E-state index contributed by atoms with van der Waals surface area (Å²) in [5, 5.41) is 2.23. The van der Waals surface area contributed by atoms with Crippen molar-refractivity contribution in [2.45, 2.75) is 51.9 Å². The molecule has 3 rings (SSSR count). The fraction of sp³-hybridized carbons (Fsp3) is 0.765. The molecule has 1 aromatic heterocycles. The number of hydrogen-bond donors (Lipinski definition) is 0. The van der Waals surface area contributed by atoms with Crippen molar-refractivity contribution in [1.29, 1.82) is 0 Å². The van der Waals surface area contributed by atoms with Gasteiger partial charge in [-0.2, -0.15) is 0 Å². The van der Waals surface area contributed by atoms with Gasteiger partial charge in [0.25, 0.3) is 0 Å². The molecule has 3 heterocycles. The molecule has 21 heavy (non-hydrogen) atoms. The molecule has 4 heteroatoms. The van der Waals surface area contributed by atoms with Crippen molar-refractivity contribution >= 4 is 11.3 Å². The number of hydrogen-bond acceptors (Lipinski definition) is 4. The van der Waals surface area contributed by atoms with Crippen LogP contribution in [-0.2, 0) is 22.4 Å². The summed E-state index contributed by atoms with van der Waals surface area (Å²) in [5.74, 6) is 0.214. The molecule has 2 aliphatic heterocycles. The highest BCUT2D eigenvalue weighted by molar-refractivity contribution is 7.10. The summed E-state index contributed by atoms with van der Waals surface area (Å²) in [5.41, 5.74) is 1.56. The van der Waals surface area contributed by atoms with E-state index >= 15 is 0 Å². The van der Waals surface area contributed by atoms with E-state index in [2.05, 4.69) is 16.3 Å². The first-order valence-electron chi connectivity index (χ1n) is 8.18. The molecule has 0 N–H and O–H groups in total. The second-order valence-electron chi connectivity index (χ2n) is 6.78. The molecule has 1 aromatic rings. The minimum atomic E-state index is -0.372. The summed E-state index contributed by atoms with van der Waals surface area (Å²) < 4.78 is 11.4. The molecule has 1 saturated heterocycles. The quantitative estimate of drug-likeness (QED) is 0.775. The van der Waals surface area contributed by atoms with Crippen LogP contribution in [0.25, 0.3) is 0 Å². The molecule has 3 nitrogen and oxygen atoms in total.